The highest BCUT2D eigenvalue weighted by Gasteiger charge is 2.28. The molecule has 0 saturated heterocycles. The Morgan fingerprint density at radius 2 is 1.89 bits per heavy atom. The van der Waals surface area contributed by atoms with Gasteiger partial charge in [0.25, 0.3) is 5.56 Å². The molecule has 0 amide bonds. The molecule has 0 aliphatic heterocycles. The number of H-pyrrole nitrogens is 1. The lowest BCUT2D eigenvalue weighted by molar-refractivity contribution is 0.489. The van der Waals surface area contributed by atoms with Gasteiger partial charge in [-0.15, -0.1) is 0 Å². The molecule has 0 spiro atoms. The van der Waals surface area contributed by atoms with Crippen LogP contribution < -0.4 is 5.56 Å². The first-order valence-electron chi connectivity index (χ1n) is 9.06. The maximum Gasteiger partial charge on any atom is 0.254 e. The van der Waals surface area contributed by atoms with E-state index in [1.54, 1.807) is 10.7 Å². The third kappa shape index (κ3) is 2.93. The third-order valence-electron chi connectivity index (χ3n) is 5.01. The minimum Gasteiger partial charge on any atom is -0.306 e. The second kappa shape index (κ2) is 5.77. The van der Waals surface area contributed by atoms with Crippen molar-refractivity contribution in [2.75, 3.05) is 0 Å². The first kappa shape index (κ1) is 17.5. The summed E-state index contributed by atoms with van der Waals surface area (Å²) < 4.78 is 3.60. The van der Waals surface area contributed by atoms with Crippen LogP contribution in [0.2, 0.25) is 0 Å². The van der Waals surface area contributed by atoms with Gasteiger partial charge in [-0.1, -0.05) is 34.6 Å². The van der Waals surface area contributed by atoms with E-state index >= 15 is 0 Å². The second-order valence-corrected chi connectivity index (χ2v) is 8.71. The van der Waals surface area contributed by atoms with Crippen LogP contribution in [0, 0.1) is 0 Å². The van der Waals surface area contributed by atoms with Crippen molar-refractivity contribution in [3.8, 4) is 0 Å². The van der Waals surface area contributed by atoms with E-state index < -0.39 is 0 Å². The summed E-state index contributed by atoms with van der Waals surface area (Å²) in [5, 5.41) is 8.85. The Morgan fingerprint density at radius 1 is 1.11 bits per heavy atom. The first-order valence-corrected chi connectivity index (χ1v) is 9.06. The molecule has 4 aromatic heterocycles. The number of aromatic amines is 1. The maximum atomic E-state index is 12.8. The van der Waals surface area contributed by atoms with E-state index in [4.69, 9.17) is 0 Å². The maximum absolute atomic E-state index is 12.8. The smallest absolute Gasteiger partial charge is 0.254 e. The standard InChI is InChI=1S/C20H24N6O/c1-19(2,3)14-10-23-25-12-13(18(27)24-17(14)25)9-20(4,5)15-11-21-16-7-6-8-22-26(15)16/h6-8,10-12H,9H2,1-5H3,(H,24,27). The van der Waals surface area contributed by atoms with Crippen LogP contribution in [0.1, 0.15) is 51.4 Å². The lowest BCUT2D eigenvalue weighted by Gasteiger charge is -2.23. The van der Waals surface area contributed by atoms with Gasteiger partial charge >= 0.3 is 0 Å². The normalized spacial score (nSPS) is 12.9. The lowest BCUT2D eigenvalue weighted by Crippen LogP contribution is -2.28. The van der Waals surface area contributed by atoms with Crippen molar-refractivity contribution < 1.29 is 0 Å². The predicted molar refractivity (Wildman–Crippen MR) is 104 cm³/mol. The number of aromatic nitrogens is 6. The van der Waals surface area contributed by atoms with Gasteiger partial charge in [-0.3, -0.25) is 4.79 Å². The fourth-order valence-electron chi connectivity index (χ4n) is 3.51. The Labute approximate surface area is 157 Å². The Balaban J connectivity index is 1.76. The molecule has 0 aliphatic carbocycles. The monoisotopic (exact) mass is 364 g/mol. The van der Waals surface area contributed by atoms with Gasteiger partial charge in [0.15, 0.2) is 5.65 Å². The first-order chi connectivity index (χ1) is 12.7. The Bertz CT molecular complexity index is 1190. The number of fused-ring (bicyclic) bond motifs is 2. The van der Waals surface area contributed by atoms with Crippen LogP contribution in [0.25, 0.3) is 11.3 Å². The molecule has 0 fully saturated rings. The Morgan fingerprint density at radius 3 is 2.63 bits per heavy atom. The quantitative estimate of drug-likeness (QED) is 0.606. The SMILES string of the molecule is CC(C)(C)c1cnn2cc(CC(C)(C)c3cnc4cccnn34)c(=O)[nH]c12. The molecule has 0 aromatic carbocycles. The molecule has 4 heterocycles. The van der Waals surface area contributed by atoms with E-state index in [1.807, 2.05) is 35.2 Å². The van der Waals surface area contributed by atoms with Gasteiger partial charge in [-0.05, 0) is 24.0 Å². The minimum absolute atomic E-state index is 0.0802. The fraction of sp³-hybridized carbons (Fsp3) is 0.400. The van der Waals surface area contributed by atoms with Gasteiger partial charge in [0, 0.05) is 28.9 Å². The molecule has 1 N–H and O–H groups in total. The Kier molecular flexibility index (Phi) is 3.73. The zero-order chi connectivity index (χ0) is 19.4. The van der Waals surface area contributed by atoms with E-state index in [2.05, 4.69) is 54.8 Å². The summed E-state index contributed by atoms with van der Waals surface area (Å²) in [6, 6.07) is 3.78. The third-order valence-corrected chi connectivity index (χ3v) is 5.01. The van der Waals surface area contributed by atoms with Gasteiger partial charge in [-0.25, -0.2) is 14.0 Å². The summed E-state index contributed by atoms with van der Waals surface area (Å²) in [6.07, 6.45) is 7.79. The van der Waals surface area contributed by atoms with Crippen LogP contribution >= 0.6 is 0 Å². The van der Waals surface area contributed by atoms with Crippen LogP contribution in [0.15, 0.2) is 41.7 Å². The zero-order valence-corrected chi connectivity index (χ0v) is 16.3. The second-order valence-electron chi connectivity index (χ2n) is 8.71. The van der Waals surface area contributed by atoms with Crippen molar-refractivity contribution in [2.45, 2.75) is 51.9 Å². The van der Waals surface area contributed by atoms with Crippen LogP contribution in [-0.2, 0) is 17.3 Å². The molecule has 7 heteroatoms. The molecular formula is C20H24N6O. The van der Waals surface area contributed by atoms with E-state index in [-0.39, 0.29) is 16.4 Å². The van der Waals surface area contributed by atoms with Crippen molar-refractivity contribution in [3.05, 3.63) is 64.1 Å². The summed E-state index contributed by atoms with van der Waals surface area (Å²) in [6.45, 7) is 10.5. The summed E-state index contributed by atoms with van der Waals surface area (Å²) in [4.78, 5) is 20.2. The van der Waals surface area contributed by atoms with Gasteiger partial charge in [-0.2, -0.15) is 10.2 Å². The van der Waals surface area contributed by atoms with E-state index in [0.717, 1.165) is 22.6 Å². The topological polar surface area (TPSA) is 80.3 Å². The fourth-order valence-corrected chi connectivity index (χ4v) is 3.51. The van der Waals surface area contributed by atoms with Crippen molar-refractivity contribution in [1.29, 1.82) is 0 Å². The average Bonchev–Trinajstić information content (AvgIpc) is 3.18. The van der Waals surface area contributed by atoms with Crippen molar-refractivity contribution >= 4 is 11.3 Å². The molecular weight excluding hydrogens is 340 g/mol. The van der Waals surface area contributed by atoms with E-state index in [9.17, 15) is 4.79 Å². The zero-order valence-electron chi connectivity index (χ0n) is 16.3. The largest absolute Gasteiger partial charge is 0.306 e. The number of nitrogens with one attached hydrogen (secondary N) is 1. The molecule has 0 atom stereocenters. The van der Waals surface area contributed by atoms with Crippen molar-refractivity contribution in [2.24, 2.45) is 0 Å². The number of hydrogen-bond donors (Lipinski definition) is 1. The Hall–Kier alpha value is -2.96. The number of imidazole rings is 1. The molecule has 27 heavy (non-hydrogen) atoms. The van der Waals surface area contributed by atoms with Crippen LogP contribution in [-0.4, -0.2) is 29.2 Å². The van der Waals surface area contributed by atoms with Gasteiger partial charge < -0.3 is 4.98 Å². The summed E-state index contributed by atoms with van der Waals surface area (Å²) >= 11 is 0. The van der Waals surface area contributed by atoms with Gasteiger partial charge in [0.05, 0.1) is 18.1 Å². The molecule has 7 nitrogen and oxygen atoms in total. The summed E-state index contributed by atoms with van der Waals surface area (Å²) in [5.74, 6) is 0. The summed E-state index contributed by atoms with van der Waals surface area (Å²) in [7, 11) is 0. The highest BCUT2D eigenvalue weighted by molar-refractivity contribution is 5.50. The molecule has 0 saturated carbocycles. The molecule has 0 unspecified atom stereocenters. The number of nitrogens with zero attached hydrogens (tertiary/aromatic N) is 5. The lowest BCUT2D eigenvalue weighted by atomic mass is 9.83. The molecule has 0 bridgehead atoms. The van der Waals surface area contributed by atoms with Gasteiger partial charge in [0.2, 0.25) is 0 Å². The molecule has 140 valence electrons. The predicted octanol–water partition coefficient (Wildman–Crippen LogP) is 2.88. The van der Waals surface area contributed by atoms with Crippen molar-refractivity contribution in [1.82, 2.24) is 29.2 Å². The average molecular weight is 364 g/mol. The highest BCUT2D eigenvalue weighted by Crippen LogP contribution is 2.28. The summed E-state index contributed by atoms with van der Waals surface area (Å²) in [5.41, 5.74) is 3.73. The van der Waals surface area contributed by atoms with Crippen LogP contribution in [0.5, 0.6) is 0 Å². The van der Waals surface area contributed by atoms with Crippen LogP contribution in [0.3, 0.4) is 0 Å². The molecule has 0 radical (unpaired) electrons. The molecule has 4 rings (SSSR count). The van der Waals surface area contributed by atoms with E-state index in [0.29, 0.717) is 12.0 Å². The van der Waals surface area contributed by atoms with Crippen molar-refractivity contribution in [3.63, 3.8) is 0 Å². The minimum atomic E-state index is -0.325. The van der Waals surface area contributed by atoms with Crippen LogP contribution in [0.4, 0.5) is 0 Å². The number of rotatable bonds is 3. The molecule has 4 aromatic rings. The number of hydrogen-bond acceptors (Lipinski definition) is 4. The molecule has 0 aliphatic rings. The van der Waals surface area contributed by atoms with E-state index in [1.165, 1.54) is 0 Å². The highest BCUT2D eigenvalue weighted by atomic mass is 16.1. The van der Waals surface area contributed by atoms with Gasteiger partial charge in [0.1, 0.15) is 5.65 Å².